The predicted octanol–water partition coefficient (Wildman–Crippen LogP) is 1.64. The lowest BCUT2D eigenvalue weighted by Gasteiger charge is -2.18. The van der Waals surface area contributed by atoms with E-state index >= 15 is 0 Å². The molecule has 1 aromatic carbocycles. The second-order valence-electron chi connectivity index (χ2n) is 5.53. The molecule has 0 aromatic heterocycles. The highest BCUT2D eigenvalue weighted by Crippen LogP contribution is 2.28. The first-order valence-electron chi connectivity index (χ1n) is 8.20. The van der Waals surface area contributed by atoms with Crippen LogP contribution in [0.15, 0.2) is 23.3 Å². The summed E-state index contributed by atoms with van der Waals surface area (Å²) in [7, 11) is 0. The van der Waals surface area contributed by atoms with Crippen molar-refractivity contribution in [3.8, 4) is 11.5 Å². The van der Waals surface area contributed by atoms with Gasteiger partial charge in [-0.05, 0) is 31.9 Å². The van der Waals surface area contributed by atoms with E-state index in [0.717, 1.165) is 25.7 Å². The summed E-state index contributed by atoms with van der Waals surface area (Å²) in [6.07, 6.45) is 5.28. The topological polar surface area (TPSA) is 91.2 Å². The Morgan fingerprint density at radius 2 is 2.00 bits per heavy atom. The molecule has 0 aliphatic carbocycles. The van der Waals surface area contributed by atoms with Crippen LogP contribution in [0.2, 0.25) is 0 Å². The van der Waals surface area contributed by atoms with Crippen LogP contribution in [0.1, 0.15) is 38.2 Å². The number of carbonyl (C=O) groups excluding carboxylic acids is 2. The minimum absolute atomic E-state index is 0.0591. The van der Waals surface area contributed by atoms with Crippen LogP contribution in [0, 0.1) is 0 Å². The lowest BCUT2D eigenvalue weighted by Crippen LogP contribution is -2.41. The van der Waals surface area contributed by atoms with Crippen molar-refractivity contribution in [3.05, 3.63) is 23.8 Å². The van der Waals surface area contributed by atoms with Crippen LogP contribution in [0.25, 0.3) is 0 Å². The molecule has 1 heterocycles. The van der Waals surface area contributed by atoms with Gasteiger partial charge in [0, 0.05) is 18.7 Å². The Balaban J connectivity index is 1.94. The second kappa shape index (κ2) is 8.90. The third-order valence-corrected chi connectivity index (χ3v) is 3.79. The average molecular weight is 333 g/mol. The summed E-state index contributed by atoms with van der Waals surface area (Å²) in [6, 6.07) is 4.97. The number of hydrogen-bond donors (Lipinski definition) is 2. The molecule has 2 amide bonds. The Bertz CT molecular complexity index is 608. The quantitative estimate of drug-likeness (QED) is 0.498. The van der Waals surface area contributed by atoms with Crippen molar-refractivity contribution in [1.29, 1.82) is 0 Å². The molecule has 1 aliphatic rings. The maximum atomic E-state index is 12.1. The number of nitrogens with one attached hydrogen (secondary N) is 1. The van der Waals surface area contributed by atoms with Crippen molar-refractivity contribution in [2.75, 3.05) is 19.7 Å². The van der Waals surface area contributed by atoms with Crippen molar-refractivity contribution in [3.63, 3.8) is 0 Å². The van der Waals surface area contributed by atoms with Crippen molar-refractivity contribution in [2.24, 2.45) is 5.10 Å². The summed E-state index contributed by atoms with van der Waals surface area (Å²) in [6.45, 7) is 3.45. The number of aromatic hydroxyl groups is 1. The third-order valence-electron chi connectivity index (χ3n) is 3.79. The van der Waals surface area contributed by atoms with Crippen molar-refractivity contribution >= 4 is 18.0 Å². The molecule has 2 N–H and O–H groups in total. The number of carbonyl (C=O) groups is 2. The van der Waals surface area contributed by atoms with Crippen LogP contribution >= 0.6 is 0 Å². The first-order valence-corrected chi connectivity index (χ1v) is 8.20. The molecule has 1 aromatic rings. The summed E-state index contributed by atoms with van der Waals surface area (Å²) in [4.78, 5) is 25.5. The number of benzene rings is 1. The number of nitrogens with zero attached hydrogens (tertiary/aromatic N) is 2. The molecular formula is C17H23N3O4. The fourth-order valence-corrected chi connectivity index (χ4v) is 2.54. The van der Waals surface area contributed by atoms with Gasteiger partial charge >= 0.3 is 11.8 Å². The zero-order chi connectivity index (χ0) is 17.4. The highest BCUT2D eigenvalue weighted by molar-refractivity contribution is 6.35. The van der Waals surface area contributed by atoms with Crippen molar-refractivity contribution < 1.29 is 19.4 Å². The van der Waals surface area contributed by atoms with Crippen LogP contribution in [0.5, 0.6) is 11.5 Å². The molecule has 24 heavy (non-hydrogen) atoms. The van der Waals surface area contributed by atoms with E-state index < -0.39 is 11.8 Å². The zero-order valence-electron chi connectivity index (χ0n) is 13.8. The molecule has 7 nitrogen and oxygen atoms in total. The van der Waals surface area contributed by atoms with Gasteiger partial charge in [-0.15, -0.1) is 0 Å². The summed E-state index contributed by atoms with van der Waals surface area (Å²) in [5.41, 5.74) is 2.61. The van der Waals surface area contributed by atoms with E-state index in [1.54, 1.807) is 23.1 Å². The minimum atomic E-state index is -0.770. The largest absolute Gasteiger partial charge is 0.504 e. The van der Waals surface area contributed by atoms with E-state index in [2.05, 4.69) is 10.5 Å². The first kappa shape index (κ1) is 17.8. The van der Waals surface area contributed by atoms with Gasteiger partial charge < -0.3 is 14.7 Å². The number of phenols is 1. The van der Waals surface area contributed by atoms with E-state index in [1.165, 1.54) is 6.21 Å². The summed E-state index contributed by atoms with van der Waals surface area (Å²) < 4.78 is 5.27. The van der Waals surface area contributed by atoms with E-state index in [9.17, 15) is 14.7 Å². The first-order chi connectivity index (χ1) is 11.6. The number of phenolic OH excluding ortho intramolecular Hbond substituents is 1. The summed E-state index contributed by atoms with van der Waals surface area (Å²) in [5.74, 6) is -1.06. The molecule has 0 unspecified atom stereocenters. The van der Waals surface area contributed by atoms with Gasteiger partial charge in [0.25, 0.3) is 0 Å². The fraction of sp³-hybridized carbons (Fsp3) is 0.471. The van der Waals surface area contributed by atoms with Gasteiger partial charge in [-0.3, -0.25) is 9.59 Å². The monoisotopic (exact) mass is 333 g/mol. The highest BCUT2D eigenvalue weighted by atomic mass is 16.5. The van der Waals surface area contributed by atoms with Gasteiger partial charge in [0.1, 0.15) is 0 Å². The Hall–Kier alpha value is -2.57. The molecule has 0 atom stereocenters. The number of hydrogen-bond acceptors (Lipinski definition) is 5. The molecule has 0 spiro atoms. The Morgan fingerprint density at radius 3 is 2.67 bits per heavy atom. The fourth-order valence-electron chi connectivity index (χ4n) is 2.54. The molecular weight excluding hydrogens is 310 g/mol. The van der Waals surface area contributed by atoms with E-state index in [0.29, 0.717) is 31.0 Å². The molecule has 2 rings (SSSR count). The molecule has 130 valence electrons. The Kier molecular flexibility index (Phi) is 6.60. The van der Waals surface area contributed by atoms with Gasteiger partial charge in [0.05, 0.1) is 12.8 Å². The number of likely N-dealkylation sites (tertiary alicyclic amines) is 1. The third kappa shape index (κ3) is 4.71. The predicted molar refractivity (Wildman–Crippen MR) is 90.1 cm³/mol. The summed E-state index contributed by atoms with van der Waals surface area (Å²) in [5, 5.41) is 13.8. The smallest absolute Gasteiger partial charge is 0.329 e. The number of hydrazone groups is 1. The van der Waals surface area contributed by atoms with E-state index in [1.807, 2.05) is 6.92 Å². The molecule has 0 saturated carbocycles. The van der Waals surface area contributed by atoms with Crippen LogP contribution in [-0.4, -0.2) is 47.7 Å². The molecule has 7 heteroatoms. The molecule has 1 fully saturated rings. The highest BCUT2D eigenvalue weighted by Gasteiger charge is 2.22. The Morgan fingerprint density at radius 1 is 1.29 bits per heavy atom. The lowest BCUT2D eigenvalue weighted by molar-refractivity contribution is -0.145. The normalized spacial score (nSPS) is 15.1. The SMILES string of the molecule is CCOc1cccc(/C=N/NC(=O)C(=O)N2CCCCCC2)c1O. The standard InChI is InChI=1S/C17H23N3O4/c1-2-24-14-9-7-8-13(15(14)21)12-18-19-16(22)17(23)20-10-5-3-4-6-11-20/h7-9,12,21H,2-6,10-11H2,1H3,(H,19,22)/b18-12+. The number of rotatable bonds is 4. The molecule has 1 saturated heterocycles. The van der Waals surface area contributed by atoms with Crippen LogP contribution in [-0.2, 0) is 9.59 Å². The summed E-state index contributed by atoms with van der Waals surface area (Å²) >= 11 is 0. The van der Waals surface area contributed by atoms with E-state index in [-0.39, 0.29) is 5.75 Å². The molecule has 1 aliphatic heterocycles. The maximum Gasteiger partial charge on any atom is 0.329 e. The molecule has 0 radical (unpaired) electrons. The Labute approximate surface area is 141 Å². The average Bonchev–Trinajstić information content (AvgIpc) is 2.87. The van der Waals surface area contributed by atoms with Crippen LogP contribution in [0.4, 0.5) is 0 Å². The van der Waals surface area contributed by atoms with Crippen LogP contribution in [0.3, 0.4) is 0 Å². The van der Waals surface area contributed by atoms with Gasteiger partial charge in [-0.1, -0.05) is 18.9 Å². The van der Waals surface area contributed by atoms with Crippen LogP contribution < -0.4 is 10.2 Å². The van der Waals surface area contributed by atoms with Gasteiger partial charge in [0.15, 0.2) is 11.5 Å². The minimum Gasteiger partial charge on any atom is -0.504 e. The number of ether oxygens (including phenoxy) is 1. The van der Waals surface area contributed by atoms with Gasteiger partial charge in [-0.2, -0.15) is 5.10 Å². The van der Waals surface area contributed by atoms with Gasteiger partial charge in [0.2, 0.25) is 0 Å². The second-order valence-corrected chi connectivity index (χ2v) is 5.53. The maximum absolute atomic E-state index is 12.1. The van der Waals surface area contributed by atoms with Crippen molar-refractivity contribution in [1.82, 2.24) is 10.3 Å². The molecule has 0 bridgehead atoms. The van der Waals surface area contributed by atoms with E-state index in [4.69, 9.17) is 4.74 Å². The lowest BCUT2D eigenvalue weighted by atomic mass is 10.2. The number of amides is 2. The van der Waals surface area contributed by atoms with Crippen molar-refractivity contribution in [2.45, 2.75) is 32.6 Å². The number of para-hydroxylation sites is 1. The van der Waals surface area contributed by atoms with Gasteiger partial charge in [-0.25, -0.2) is 5.43 Å². The zero-order valence-corrected chi connectivity index (χ0v) is 13.8.